The Balaban J connectivity index is 2.66. The lowest BCUT2D eigenvalue weighted by Gasteiger charge is -2.47. The molecule has 0 aromatic heterocycles. The van der Waals surface area contributed by atoms with Gasteiger partial charge in [0.2, 0.25) is 0 Å². The van der Waals surface area contributed by atoms with Crippen molar-refractivity contribution in [1.82, 2.24) is 4.90 Å². The molecule has 1 aliphatic heterocycles. The second kappa shape index (κ2) is 4.70. The van der Waals surface area contributed by atoms with Crippen LogP contribution in [0.3, 0.4) is 0 Å². The van der Waals surface area contributed by atoms with Crippen molar-refractivity contribution < 1.29 is 17.9 Å². The Bertz CT molecular complexity index is 262. The van der Waals surface area contributed by atoms with Gasteiger partial charge in [0.05, 0.1) is 11.2 Å². The van der Waals surface area contributed by atoms with Gasteiger partial charge >= 0.3 is 6.18 Å². The number of hydrogen-bond donors (Lipinski definition) is 0. The van der Waals surface area contributed by atoms with Crippen LogP contribution in [0.15, 0.2) is 0 Å². The highest BCUT2D eigenvalue weighted by Crippen LogP contribution is 2.32. The Morgan fingerprint density at radius 1 is 1.18 bits per heavy atom. The van der Waals surface area contributed by atoms with Crippen LogP contribution in [0, 0.1) is 0 Å². The summed E-state index contributed by atoms with van der Waals surface area (Å²) in [6.45, 7) is 8.58. The third-order valence-electron chi connectivity index (χ3n) is 2.54. The summed E-state index contributed by atoms with van der Waals surface area (Å²) in [5.41, 5.74) is -0.833. The highest BCUT2D eigenvalue weighted by atomic mass is 79.9. The molecular weight excluding hydrogens is 299 g/mol. The van der Waals surface area contributed by atoms with Crippen LogP contribution in [-0.2, 0) is 4.74 Å². The summed E-state index contributed by atoms with van der Waals surface area (Å²) in [6, 6.07) is 0. The monoisotopic (exact) mass is 317 g/mol. The molecule has 1 heterocycles. The molecule has 6 heteroatoms. The molecule has 1 saturated heterocycles. The van der Waals surface area contributed by atoms with E-state index in [1.165, 1.54) is 0 Å². The van der Waals surface area contributed by atoms with Gasteiger partial charge in [0, 0.05) is 19.6 Å². The first-order valence-corrected chi connectivity index (χ1v) is 6.46. The molecule has 0 N–H and O–H groups in total. The van der Waals surface area contributed by atoms with E-state index in [4.69, 9.17) is 4.74 Å². The number of hydrogen-bond acceptors (Lipinski definition) is 2. The number of morpholine rings is 1. The fourth-order valence-electron chi connectivity index (χ4n) is 2.40. The van der Waals surface area contributed by atoms with Gasteiger partial charge in [0.15, 0.2) is 0 Å². The van der Waals surface area contributed by atoms with Gasteiger partial charge in [-0.2, -0.15) is 13.2 Å². The molecule has 0 radical (unpaired) electrons. The van der Waals surface area contributed by atoms with E-state index < -0.39 is 22.2 Å². The smallest absolute Gasteiger partial charge is 0.367 e. The molecule has 0 aromatic carbocycles. The average molecular weight is 318 g/mol. The van der Waals surface area contributed by atoms with Crippen LogP contribution in [0.1, 0.15) is 27.7 Å². The lowest BCUT2D eigenvalue weighted by atomic mass is 9.99. The highest BCUT2D eigenvalue weighted by molar-refractivity contribution is 9.09. The second-order valence-corrected chi connectivity index (χ2v) is 6.91. The molecular formula is C11H19BrF3NO. The van der Waals surface area contributed by atoms with Crippen LogP contribution < -0.4 is 0 Å². The highest BCUT2D eigenvalue weighted by Gasteiger charge is 2.43. The van der Waals surface area contributed by atoms with Crippen molar-refractivity contribution >= 4 is 15.9 Å². The summed E-state index contributed by atoms with van der Waals surface area (Å²) < 4.78 is 43.3. The van der Waals surface area contributed by atoms with Gasteiger partial charge in [-0.1, -0.05) is 15.9 Å². The summed E-state index contributed by atoms with van der Waals surface area (Å²) in [7, 11) is 0. The van der Waals surface area contributed by atoms with Crippen LogP contribution >= 0.6 is 15.9 Å². The third-order valence-corrected chi connectivity index (χ3v) is 3.34. The summed E-state index contributed by atoms with van der Waals surface area (Å²) in [5, 5.41) is 0. The van der Waals surface area contributed by atoms with Gasteiger partial charge in [-0.25, -0.2) is 0 Å². The van der Waals surface area contributed by atoms with Crippen molar-refractivity contribution in [3.05, 3.63) is 0 Å². The van der Waals surface area contributed by atoms with Gasteiger partial charge in [-0.05, 0) is 27.7 Å². The van der Waals surface area contributed by atoms with E-state index >= 15 is 0 Å². The molecule has 0 spiro atoms. The fraction of sp³-hybridized carbons (Fsp3) is 1.00. The van der Waals surface area contributed by atoms with E-state index in [2.05, 4.69) is 15.9 Å². The van der Waals surface area contributed by atoms with Crippen molar-refractivity contribution in [3.63, 3.8) is 0 Å². The van der Waals surface area contributed by atoms with Crippen LogP contribution in [0.2, 0.25) is 0 Å². The van der Waals surface area contributed by atoms with Crippen molar-refractivity contribution in [1.29, 1.82) is 0 Å². The number of halogens is 4. The zero-order valence-corrected chi connectivity index (χ0v) is 12.2. The van der Waals surface area contributed by atoms with Crippen molar-refractivity contribution in [3.8, 4) is 0 Å². The molecule has 1 rings (SSSR count). The zero-order valence-electron chi connectivity index (χ0n) is 10.6. The molecule has 1 fully saturated rings. The molecule has 0 saturated carbocycles. The van der Waals surface area contributed by atoms with Crippen molar-refractivity contribution in [2.24, 2.45) is 0 Å². The van der Waals surface area contributed by atoms with Crippen molar-refractivity contribution in [2.75, 3.05) is 19.6 Å². The van der Waals surface area contributed by atoms with Gasteiger partial charge in [0.1, 0.15) is 4.83 Å². The maximum Gasteiger partial charge on any atom is 0.402 e. The van der Waals surface area contributed by atoms with Crippen LogP contribution in [0.25, 0.3) is 0 Å². The molecule has 0 bridgehead atoms. The average Bonchev–Trinajstić information content (AvgIpc) is 1.94. The van der Waals surface area contributed by atoms with Gasteiger partial charge in [-0.15, -0.1) is 0 Å². The fourth-order valence-corrected chi connectivity index (χ4v) is 2.81. The van der Waals surface area contributed by atoms with Crippen LogP contribution in [-0.4, -0.2) is 46.7 Å². The third kappa shape index (κ3) is 4.75. The van der Waals surface area contributed by atoms with Crippen molar-refractivity contribution in [2.45, 2.75) is 49.9 Å². The Hall–Kier alpha value is 0.190. The minimum absolute atomic E-state index is 0.0419. The SMILES string of the molecule is CC1(C)CN(CC(Br)C(F)(F)F)CC(C)(C)O1. The van der Waals surface area contributed by atoms with E-state index in [0.29, 0.717) is 13.1 Å². The Labute approximate surface area is 109 Å². The maximum atomic E-state index is 12.5. The van der Waals surface area contributed by atoms with Gasteiger partial charge in [0.25, 0.3) is 0 Å². The lowest BCUT2D eigenvalue weighted by Crippen LogP contribution is -2.58. The summed E-state index contributed by atoms with van der Waals surface area (Å²) >= 11 is 2.70. The van der Waals surface area contributed by atoms with E-state index in [1.54, 1.807) is 4.90 Å². The molecule has 0 aromatic rings. The second-order valence-electron chi connectivity index (χ2n) is 5.80. The molecule has 0 amide bonds. The minimum Gasteiger partial charge on any atom is -0.367 e. The summed E-state index contributed by atoms with van der Waals surface area (Å²) in [5.74, 6) is 0. The predicted molar refractivity (Wildman–Crippen MR) is 64.5 cm³/mol. The quantitative estimate of drug-likeness (QED) is 0.725. The zero-order chi connectivity index (χ0) is 13.5. The first-order chi connectivity index (χ1) is 7.41. The Kier molecular flexibility index (Phi) is 4.22. The van der Waals surface area contributed by atoms with E-state index in [-0.39, 0.29) is 6.54 Å². The van der Waals surface area contributed by atoms with E-state index in [1.807, 2.05) is 27.7 Å². The number of alkyl halides is 4. The number of ether oxygens (including phenoxy) is 1. The molecule has 1 aliphatic rings. The maximum absolute atomic E-state index is 12.5. The molecule has 2 nitrogen and oxygen atoms in total. The molecule has 0 aliphatic carbocycles. The summed E-state index contributed by atoms with van der Waals surface area (Å²) in [4.78, 5) is 0.316. The largest absolute Gasteiger partial charge is 0.402 e. The molecule has 1 atom stereocenters. The Morgan fingerprint density at radius 3 is 1.94 bits per heavy atom. The van der Waals surface area contributed by atoms with Gasteiger partial charge < -0.3 is 4.74 Å². The number of rotatable bonds is 2. The first kappa shape index (κ1) is 15.2. The van der Waals surface area contributed by atoms with Gasteiger partial charge in [-0.3, -0.25) is 4.90 Å². The minimum atomic E-state index is -4.20. The van der Waals surface area contributed by atoms with Crippen LogP contribution in [0.5, 0.6) is 0 Å². The molecule has 1 unspecified atom stereocenters. The predicted octanol–water partition coefficient (Wildman–Crippen LogP) is 3.20. The first-order valence-electron chi connectivity index (χ1n) is 5.55. The van der Waals surface area contributed by atoms with E-state index in [9.17, 15) is 13.2 Å². The molecule has 17 heavy (non-hydrogen) atoms. The standard InChI is InChI=1S/C11H19BrF3NO/c1-9(2)6-16(7-10(3,4)17-9)5-8(12)11(13,14)15/h8H,5-7H2,1-4H3. The normalized spacial score (nSPS) is 26.8. The summed E-state index contributed by atoms with van der Waals surface area (Å²) in [6.07, 6.45) is -4.20. The van der Waals surface area contributed by atoms with Crippen LogP contribution in [0.4, 0.5) is 13.2 Å². The Morgan fingerprint density at radius 2 is 1.59 bits per heavy atom. The topological polar surface area (TPSA) is 12.5 Å². The number of nitrogens with zero attached hydrogens (tertiary/aromatic N) is 1. The van der Waals surface area contributed by atoms with E-state index in [0.717, 1.165) is 0 Å². The lowest BCUT2D eigenvalue weighted by molar-refractivity contribution is -0.187. The molecule has 102 valence electrons.